The van der Waals surface area contributed by atoms with Crippen LogP contribution in [0.1, 0.15) is 31.1 Å². The molecule has 1 unspecified atom stereocenters. The van der Waals surface area contributed by atoms with Crippen molar-refractivity contribution in [2.24, 2.45) is 0 Å². The number of anilines is 2. The zero-order valence-electron chi connectivity index (χ0n) is 15.5. The standard InChI is InChI=1S/C19H21N7O/c1-4-25-10-15(12(2)24-25)17-16(13(3)22-19-20-11-21-26(17)19)18(27)23-14-8-6-5-7-9-14/h5-11,17H,4H2,1-3H3,(H,23,27)(H,20,21,22). The van der Waals surface area contributed by atoms with Gasteiger partial charge in [0.1, 0.15) is 12.4 Å². The van der Waals surface area contributed by atoms with Crippen LogP contribution in [-0.2, 0) is 11.3 Å². The lowest BCUT2D eigenvalue weighted by Crippen LogP contribution is -2.31. The molecule has 0 saturated heterocycles. The van der Waals surface area contributed by atoms with Gasteiger partial charge in [-0.15, -0.1) is 0 Å². The van der Waals surface area contributed by atoms with Crippen molar-refractivity contribution >= 4 is 17.5 Å². The molecule has 2 aromatic heterocycles. The Labute approximate surface area is 156 Å². The minimum atomic E-state index is -0.396. The predicted octanol–water partition coefficient (Wildman–Crippen LogP) is 2.73. The quantitative estimate of drug-likeness (QED) is 0.744. The molecule has 0 bridgehead atoms. The van der Waals surface area contributed by atoms with Crippen LogP contribution >= 0.6 is 0 Å². The third-order valence-electron chi connectivity index (χ3n) is 4.67. The van der Waals surface area contributed by atoms with Crippen molar-refractivity contribution in [1.82, 2.24) is 24.5 Å². The number of benzene rings is 1. The molecule has 0 saturated carbocycles. The number of carbonyl (C=O) groups is 1. The fraction of sp³-hybridized carbons (Fsp3) is 0.263. The molecule has 2 N–H and O–H groups in total. The Hall–Kier alpha value is -3.42. The maximum atomic E-state index is 13.2. The molecule has 3 aromatic rings. The molecule has 0 aliphatic carbocycles. The van der Waals surface area contributed by atoms with Gasteiger partial charge in [-0.2, -0.15) is 15.2 Å². The van der Waals surface area contributed by atoms with Crippen LogP contribution in [-0.4, -0.2) is 30.5 Å². The monoisotopic (exact) mass is 363 g/mol. The molecule has 27 heavy (non-hydrogen) atoms. The van der Waals surface area contributed by atoms with Crippen LogP contribution in [0.5, 0.6) is 0 Å². The van der Waals surface area contributed by atoms with Crippen LogP contribution < -0.4 is 10.6 Å². The normalized spacial score (nSPS) is 16.0. The van der Waals surface area contributed by atoms with Crippen LogP contribution in [0.3, 0.4) is 0 Å². The summed E-state index contributed by atoms with van der Waals surface area (Å²) in [6, 6.07) is 9.01. The Balaban J connectivity index is 1.79. The molecule has 3 heterocycles. The van der Waals surface area contributed by atoms with Crippen molar-refractivity contribution in [3.05, 3.63) is 65.4 Å². The summed E-state index contributed by atoms with van der Waals surface area (Å²) in [7, 11) is 0. The number of hydrogen-bond acceptors (Lipinski definition) is 5. The minimum Gasteiger partial charge on any atom is -0.328 e. The number of nitrogens with one attached hydrogen (secondary N) is 2. The van der Waals surface area contributed by atoms with Crippen molar-refractivity contribution in [2.75, 3.05) is 10.6 Å². The van der Waals surface area contributed by atoms with Crippen LogP contribution in [0.25, 0.3) is 0 Å². The zero-order valence-corrected chi connectivity index (χ0v) is 15.5. The van der Waals surface area contributed by atoms with E-state index in [2.05, 4.69) is 25.8 Å². The van der Waals surface area contributed by atoms with E-state index in [9.17, 15) is 4.79 Å². The van der Waals surface area contributed by atoms with Gasteiger partial charge in [-0.25, -0.2) is 4.68 Å². The first-order chi connectivity index (χ1) is 13.1. The fourth-order valence-electron chi connectivity index (χ4n) is 3.36. The topological polar surface area (TPSA) is 89.7 Å². The van der Waals surface area contributed by atoms with E-state index in [4.69, 9.17) is 0 Å². The summed E-state index contributed by atoms with van der Waals surface area (Å²) in [5, 5.41) is 15.1. The summed E-state index contributed by atoms with van der Waals surface area (Å²) in [4.78, 5) is 17.4. The van der Waals surface area contributed by atoms with Gasteiger partial charge in [0.25, 0.3) is 5.91 Å². The molecule has 1 atom stereocenters. The van der Waals surface area contributed by atoms with E-state index in [0.717, 1.165) is 29.2 Å². The summed E-state index contributed by atoms with van der Waals surface area (Å²) < 4.78 is 3.60. The van der Waals surface area contributed by atoms with Crippen molar-refractivity contribution in [2.45, 2.75) is 33.4 Å². The van der Waals surface area contributed by atoms with E-state index < -0.39 is 6.04 Å². The molecule has 0 radical (unpaired) electrons. The van der Waals surface area contributed by atoms with E-state index in [1.807, 2.05) is 62.0 Å². The van der Waals surface area contributed by atoms with Crippen LogP contribution in [0.2, 0.25) is 0 Å². The fourth-order valence-corrected chi connectivity index (χ4v) is 3.36. The summed E-state index contributed by atoms with van der Waals surface area (Å²) in [6.45, 7) is 6.61. The Morgan fingerprint density at radius 3 is 2.74 bits per heavy atom. The third kappa shape index (κ3) is 2.99. The van der Waals surface area contributed by atoms with E-state index in [0.29, 0.717) is 11.5 Å². The lowest BCUT2D eigenvalue weighted by Gasteiger charge is -2.28. The Kier molecular flexibility index (Phi) is 4.23. The van der Waals surface area contributed by atoms with Crippen LogP contribution in [0.15, 0.2) is 54.1 Å². The number of hydrogen-bond donors (Lipinski definition) is 2. The predicted molar refractivity (Wildman–Crippen MR) is 102 cm³/mol. The summed E-state index contributed by atoms with van der Waals surface area (Å²) in [6.07, 6.45) is 3.46. The second-order valence-corrected chi connectivity index (χ2v) is 6.44. The van der Waals surface area contributed by atoms with Gasteiger partial charge in [-0.3, -0.25) is 9.48 Å². The number of aryl methyl sites for hydroxylation is 2. The maximum Gasteiger partial charge on any atom is 0.255 e. The number of allylic oxidation sites excluding steroid dienone is 1. The highest BCUT2D eigenvalue weighted by Gasteiger charge is 2.35. The van der Waals surface area contributed by atoms with E-state index >= 15 is 0 Å². The molecule has 1 aromatic carbocycles. The number of fused-ring (bicyclic) bond motifs is 1. The lowest BCUT2D eigenvalue weighted by molar-refractivity contribution is -0.113. The molecule has 0 fully saturated rings. The zero-order chi connectivity index (χ0) is 19.0. The molecule has 1 aliphatic rings. The van der Waals surface area contributed by atoms with Gasteiger partial charge in [-0.1, -0.05) is 18.2 Å². The van der Waals surface area contributed by atoms with Gasteiger partial charge >= 0.3 is 0 Å². The van der Waals surface area contributed by atoms with Crippen molar-refractivity contribution in [1.29, 1.82) is 0 Å². The maximum absolute atomic E-state index is 13.2. The van der Waals surface area contributed by atoms with E-state index in [1.54, 1.807) is 4.68 Å². The average Bonchev–Trinajstić information content (AvgIpc) is 3.27. The average molecular weight is 363 g/mol. The molecule has 8 heteroatoms. The number of nitrogens with zero attached hydrogens (tertiary/aromatic N) is 5. The van der Waals surface area contributed by atoms with Crippen molar-refractivity contribution < 1.29 is 4.79 Å². The number of carbonyl (C=O) groups excluding carboxylic acids is 1. The largest absolute Gasteiger partial charge is 0.328 e. The van der Waals surface area contributed by atoms with Crippen molar-refractivity contribution in [3.8, 4) is 0 Å². The molecule has 8 nitrogen and oxygen atoms in total. The number of rotatable bonds is 4. The van der Waals surface area contributed by atoms with Gasteiger partial charge in [-0.05, 0) is 32.9 Å². The minimum absolute atomic E-state index is 0.180. The van der Waals surface area contributed by atoms with Gasteiger partial charge in [0.2, 0.25) is 5.95 Å². The summed E-state index contributed by atoms with van der Waals surface area (Å²) in [5.41, 5.74) is 3.88. The Bertz CT molecular complexity index is 1020. The second-order valence-electron chi connectivity index (χ2n) is 6.44. The highest BCUT2D eigenvalue weighted by Crippen LogP contribution is 2.36. The van der Waals surface area contributed by atoms with Gasteiger partial charge in [0.05, 0.1) is 11.3 Å². The molecule has 138 valence electrons. The smallest absolute Gasteiger partial charge is 0.255 e. The highest BCUT2D eigenvalue weighted by atomic mass is 16.1. The molecule has 0 spiro atoms. The van der Waals surface area contributed by atoms with Crippen LogP contribution in [0, 0.1) is 6.92 Å². The Morgan fingerprint density at radius 2 is 2.04 bits per heavy atom. The first-order valence-corrected chi connectivity index (χ1v) is 8.86. The van der Waals surface area contributed by atoms with Crippen LogP contribution in [0.4, 0.5) is 11.6 Å². The Morgan fingerprint density at radius 1 is 1.26 bits per heavy atom. The number of amides is 1. The van der Waals surface area contributed by atoms with E-state index in [-0.39, 0.29) is 5.91 Å². The molecular formula is C19H21N7O. The first-order valence-electron chi connectivity index (χ1n) is 8.86. The number of para-hydroxylation sites is 1. The molecule has 1 aliphatic heterocycles. The summed E-state index contributed by atoms with van der Waals surface area (Å²) in [5.74, 6) is 0.429. The molecular weight excluding hydrogens is 342 g/mol. The van der Waals surface area contributed by atoms with E-state index in [1.165, 1.54) is 6.33 Å². The highest BCUT2D eigenvalue weighted by molar-refractivity contribution is 6.06. The first kappa shape index (κ1) is 17.0. The van der Waals surface area contributed by atoms with Crippen molar-refractivity contribution in [3.63, 3.8) is 0 Å². The second kappa shape index (κ2) is 6.71. The molecule has 1 amide bonds. The summed E-state index contributed by atoms with van der Waals surface area (Å²) >= 11 is 0. The van der Waals surface area contributed by atoms with Gasteiger partial charge in [0, 0.05) is 29.7 Å². The van der Waals surface area contributed by atoms with Gasteiger partial charge < -0.3 is 10.6 Å². The SMILES string of the molecule is CCn1cc(C2C(C(=O)Nc3ccccc3)=C(C)Nc3ncnn32)c(C)n1. The molecule has 4 rings (SSSR count). The van der Waals surface area contributed by atoms with Gasteiger partial charge in [0.15, 0.2) is 0 Å². The number of aromatic nitrogens is 5. The lowest BCUT2D eigenvalue weighted by atomic mass is 9.95. The third-order valence-corrected chi connectivity index (χ3v) is 4.67.